The van der Waals surface area contributed by atoms with Crippen molar-refractivity contribution in [3.63, 3.8) is 0 Å². The summed E-state index contributed by atoms with van der Waals surface area (Å²) >= 11 is 4.40. The number of carbonyl (C=O) groups is 1. The number of imidazole rings is 1. The van der Waals surface area contributed by atoms with Crippen molar-refractivity contribution in [3.05, 3.63) is 27.5 Å². The van der Waals surface area contributed by atoms with Crippen molar-refractivity contribution in [1.29, 1.82) is 0 Å². The van der Waals surface area contributed by atoms with E-state index in [1.54, 1.807) is 11.3 Å². The second kappa shape index (κ2) is 5.66. The molecular weight excluding hydrogens is 350 g/mol. The number of fused-ring (bicyclic) bond motifs is 3. The Hall–Kier alpha value is -1.84. The molecule has 1 amide bonds. The fourth-order valence-electron chi connectivity index (χ4n) is 2.25. The molecule has 4 aromatic rings. The van der Waals surface area contributed by atoms with Gasteiger partial charge in [-0.2, -0.15) is 0 Å². The van der Waals surface area contributed by atoms with Crippen molar-refractivity contribution in [2.45, 2.75) is 20.3 Å². The van der Waals surface area contributed by atoms with Gasteiger partial charge in [-0.15, -0.1) is 32.9 Å². The maximum Gasteiger partial charge on any atom is 0.267 e. The zero-order valence-electron chi connectivity index (χ0n) is 12.4. The van der Waals surface area contributed by atoms with Crippen molar-refractivity contribution < 1.29 is 4.79 Å². The summed E-state index contributed by atoms with van der Waals surface area (Å²) in [5, 5.41) is 14.4. The Kier molecular flexibility index (Phi) is 3.63. The molecule has 1 N–H and O–H groups in total. The van der Waals surface area contributed by atoms with Crippen LogP contribution >= 0.6 is 34.0 Å². The molecule has 0 spiro atoms. The van der Waals surface area contributed by atoms with Crippen LogP contribution in [0.1, 0.15) is 28.5 Å². The number of nitrogens with one attached hydrogen (secondary N) is 1. The summed E-state index contributed by atoms with van der Waals surface area (Å²) in [6, 6.07) is 1.87. The minimum atomic E-state index is -0.163. The first-order valence-electron chi connectivity index (χ1n) is 7.09. The molecule has 0 bridgehead atoms. The summed E-state index contributed by atoms with van der Waals surface area (Å²) in [4.78, 5) is 19.4. The summed E-state index contributed by atoms with van der Waals surface area (Å²) in [6.45, 7) is 4.26. The molecule has 6 nitrogen and oxygen atoms in total. The van der Waals surface area contributed by atoms with Crippen LogP contribution in [0, 0.1) is 5.92 Å². The number of carbonyl (C=O) groups excluding carboxylic acids is 1. The summed E-state index contributed by atoms with van der Waals surface area (Å²) in [6.07, 6.45) is 2.84. The average Bonchev–Trinajstić information content (AvgIpc) is 3.19. The van der Waals surface area contributed by atoms with Gasteiger partial charge in [-0.1, -0.05) is 25.2 Å². The number of amides is 1. The molecule has 0 atom stereocenters. The van der Waals surface area contributed by atoms with E-state index in [1.165, 1.54) is 22.7 Å². The lowest BCUT2D eigenvalue weighted by molar-refractivity contribution is 0.103. The molecule has 4 rings (SSSR count). The number of thiazole rings is 1. The summed E-state index contributed by atoms with van der Waals surface area (Å²) in [5.41, 5.74) is 0.967. The normalized spacial score (nSPS) is 11.8. The molecule has 4 aromatic heterocycles. The molecule has 0 unspecified atom stereocenters. The predicted molar refractivity (Wildman–Crippen MR) is 94.9 cm³/mol. The SMILES string of the molecule is CC(C)Cc1nnc(NC(=O)c2cc3c(nc4sccn43)s2)s1. The van der Waals surface area contributed by atoms with E-state index in [-0.39, 0.29) is 5.91 Å². The van der Waals surface area contributed by atoms with Gasteiger partial charge in [-0.05, 0) is 12.0 Å². The van der Waals surface area contributed by atoms with Gasteiger partial charge < -0.3 is 0 Å². The van der Waals surface area contributed by atoms with Crippen molar-refractivity contribution in [1.82, 2.24) is 19.6 Å². The zero-order valence-corrected chi connectivity index (χ0v) is 14.9. The number of thiophene rings is 1. The first-order chi connectivity index (χ1) is 11.1. The molecule has 0 radical (unpaired) electrons. The van der Waals surface area contributed by atoms with E-state index in [0.717, 1.165) is 26.7 Å². The van der Waals surface area contributed by atoms with Crippen molar-refractivity contribution >= 4 is 60.4 Å². The quantitative estimate of drug-likeness (QED) is 0.597. The van der Waals surface area contributed by atoms with E-state index in [0.29, 0.717) is 15.9 Å². The van der Waals surface area contributed by atoms with Gasteiger partial charge in [0, 0.05) is 18.0 Å². The number of nitrogens with zero attached hydrogens (tertiary/aromatic N) is 4. The van der Waals surface area contributed by atoms with E-state index >= 15 is 0 Å². The standard InChI is InChI=1S/C14H13N5OS3/c1-7(2)5-10-17-18-13(23-10)15-11(20)9-6-8-12(22-9)16-14-19(8)3-4-21-14/h3-4,6-7H,5H2,1-2H3,(H,15,18,20). The minimum absolute atomic E-state index is 0.163. The number of hydrogen-bond donors (Lipinski definition) is 1. The van der Waals surface area contributed by atoms with E-state index in [1.807, 2.05) is 22.0 Å². The van der Waals surface area contributed by atoms with Crippen molar-refractivity contribution in [3.8, 4) is 0 Å². The van der Waals surface area contributed by atoms with Gasteiger partial charge >= 0.3 is 0 Å². The summed E-state index contributed by atoms with van der Waals surface area (Å²) in [5.74, 6) is 0.356. The lowest BCUT2D eigenvalue weighted by atomic mass is 10.1. The third-order valence-corrected chi connectivity index (χ3v) is 5.87. The third-order valence-electron chi connectivity index (χ3n) is 3.23. The number of aromatic nitrogens is 4. The van der Waals surface area contributed by atoms with E-state index in [9.17, 15) is 4.79 Å². The average molecular weight is 363 g/mol. The first-order valence-corrected chi connectivity index (χ1v) is 9.60. The predicted octanol–water partition coefficient (Wildman–Crippen LogP) is 3.91. The fraction of sp³-hybridized carbons (Fsp3) is 0.286. The van der Waals surface area contributed by atoms with Gasteiger partial charge in [-0.3, -0.25) is 14.5 Å². The summed E-state index contributed by atoms with van der Waals surface area (Å²) in [7, 11) is 0. The van der Waals surface area contributed by atoms with Crippen molar-refractivity contribution in [2.75, 3.05) is 5.32 Å². The largest absolute Gasteiger partial charge is 0.296 e. The number of anilines is 1. The third kappa shape index (κ3) is 2.75. The zero-order chi connectivity index (χ0) is 16.0. The molecule has 0 aliphatic rings. The van der Waals surface area contributed by atoms with Gasteiger partial charge in [-0.25, -0.2) is 4.98 Å². The Morgan fingerprint density at radius 3 is 3.04 bits per heavy atom. The highest BCUT2D eigenvalue weighted by molar-refractivity contribution is 7.21. The molecule has 9 heteroatoms. The molecule has 0 aliphatic carbocycles. The molecule has 0 saturated heterocycles. The van der Waals surface area contributed by atoms with E-state index in [4.69, 9.17) is 0 Å². The van der Waals surface area contributed by atoms with Crippen LogP contribution in [0.25, 0.3) is 15.3 Å². The first kappa shape index (κ1) is 14.7. The highest BCUT2D eigenvalue weighted by atomic mass is 32.1. The lowest BCUT2D eigenvalue weighted by Crippen LogP contribution is -2.09. The maximum atomic E-state index is 12.4. The number of rotatable bonds is 4. The Balaban J connectivity index is 1.56. The van der Waals surface area contributed by atoms with Crippen LogP contribution in [0.4, 0.5) is 5.13 Å². The highest BCUT2D eigenvalue weighted by Crippen LogP contribution is 2.29. The monoisotopic (exact) mass is 363 g/mol. The van der Waals surface area contributed by atoms with Crippen LogP contribution in [-0.4, -0.2) is 25.5 Å². The molecule has 4 heterocycles. The van der Waals surface area contributed by atoms with Gasteiger partial charge in [0.1, 0.15) is 9.84 Å². The van der Waals surface area contributed by atoms with Crippen molar-refractivity contribution in [2.24, 2.45) is 5.92 Å². The van der Waals surface area contributed by atoms with Crippen LogP contribution in [0.15, 0.2) is 17.6 Å². The fourth-order valence-corrected chi connectivity index (χ4v) is 4.90. The van der Waals surface area contributed by atoms with Crippen LogP contribution < -0.4 is 5.32 Å². The van der Waals surface area contributed by atoms with E-state index < -0.39 is 0 Å². The topological polar surface area (TPSA) is 72.2 Å². The van der Waals surface area contributed by atoms with E-state index in [2.05, 4.69) is 34.3 Å². The van der Waals surface area contributed by atoms with Crippen LogP contribution in [0.3, 0.4) is 0 Å². The van der Waals surface area contributed by atoms with Gasteiger partial charge in [0.15, 0.2) is 4.96 Å². The van der Waals surface area contributed by atoms with Gasteiger partial charge in [0.2, 0.25) is 5.13 Å². The van der Waals surface area contributed by atoms with Crippen LogP contribution in [0.5, 0.6) is 0 Å². The smallest absolute Gasteiger partial charge is 0.267 e. The van der Waals surface area contributed by atoms with Gasteiger partial charge in [0.25, 0.3) is 5.91 Å². The molecule has 0 aliphatic heterocycles. The highest BCUT2D eigenvalue weighted by Gasteiger charge is 2.16. The maximum absolute atomic E-state index is 12.4. The Morgan fingerprint density at radius 2 is 2.22 bits per heavy atom. The van der Waals surface area contributed by atoms with Gasteiger partial charge in [0.05, 0.1) is 10.4 Å². The molecule has 0 saturated carbocycles. The molecule has 0 aromatic carbocycles. The Morgan fingerprint density at radius 1 is 1.35 bits per heavy atom. The molecule has 23 heavy (non-hydrogen) atoms. The Labute approximate surface area is 143 Å². The Bertz CT molecular complexity index is 993. The second-order valence-electron chi connectivity index (χ2n) is 5.52. The summed E-state index contributed by atoms with van der Waals surface area (Å²) < 4.78 is 2.00. The second-order valence-corrected chi connectivity index (χ2v) is 8.49. The van der Waals surface area contributed by atoms with Crippen LogP contribution in [0.2, 0.25) is 0 Å². The lowest BCUT2D eigenvalue weighted by Gasteiger charge is -1.98. The molecule has 0 fully saturated rings. The minimum Gasteiger partial charge on any atom is -0.296 e. The number of hydrogen-bond acceptors (Lipinski definition) is 7. The molecular formula is C14H13N5OS3. The molecule has 118 valence electrons. The van der Waals surface area contributed by atoms with Crippen LogP contribution in [-0.2, 0) is 6.42 Å².